The monoisotopic (exact) mass is 541 g/mol. The fourth-order valence-corrected chi connectivity index (χ4v) is 6.48. The molecule has 0 spiro atoms. The number of hydrogen-bond donors (Lipinski definition) is 1. The second-order valence-electron chi connectivity index (χ2n) is 9.90. The Morgan fingerprint density at radius 3 is 2.59 bits per heavy atom. The number of non-ortho nitro benzene ring substituents is 1. The number of thiazole rings is 1. The molecule has 1 saturated heterocycles. The molecule has 1 aromatic heterocycles. The lowest BCUT2D eigenvalue weighted by Crippen LogP contribution is -2.29. The number of aromatic nitrogens is 1. The Hall–Kier alpha value is -4.57. The topological polar surface area (TPSA) is 123 Å². The van der Waals surface area contributed by atoms with Crippen molar-refractivity contribution in [1.29, 1.82) is 0 Å². The molecule has 1 fully saturated rings. The smallest absolute Gasteiger partial charge is 0.301 e. The van der Waals surface area contributed by atoms with Gasteiger partial charge in [-0.15, -0.1) is 0 Å². The Bertz CT molecular complexity index is 1740. The van der Waals surface area contributed by atoms with Gasteiger partial charge in [0, 0.05) is 24.1 Å². The minimum atomic E-state index is -1.03. The van der Waals surface area contributed by atoms with Gasteiger partial charge in [-0.05, 0) is 79.4 Å². The van der Waals surface area contributed by atoms with E-state index in [9.17, 15) is 24.8 Å². The maximum Gasteiger partial charge on any atom is 0.301 e. The number of aliphatic hydroxyl groups is 1. The van der Waals surface area contributed by atoms with Gasteiger partial charge >= 0.3 is 5.91 Å². The van der Waals surface area contributed by atoms with E-state index in [1.54, 1.807) is 18.2 Å². The van der Waals surface area contributed by atoms with Crippen molar-refractivity contribution >= 4 is 49.8 Å². The van der Waals surface area contributed by atoms with Gasteiger partial charge in [0.15, 0.2) is 5.13 Å². The van der Waals surface area contributed by atoms with Crippen molar-refractivity contribution < 1.29 is 24.4 Å². The van der Waals surface area contributed by atoms with Crippen molar-refractivity contribution in [3.8, 4) is 5.75 Å². The molecule has 0 bridgehead atoms. The predicted molar refractivity (Wildman–Crippen MR) is 147 cm³/mol. The number of aliphatic hydroxyl groups excluding tert-OH is 1. The van der Waals surface area contributed by atoms with E-state index in [1.165, 1.54) is 40.5 Å². The number of Topliss-reactive ketones (excluding diaryl/α,β-unsaturated/α-hetero) is 1. The molecular formula is C29H23N3O6S. The molecule has 39 heavy (non-hydrogen) atoms. The number of anilines is 1. The third kappa shape index (κ3) is 4.04. The van der Waals surface area contributed by atoms with Crippen LogP contribution < -0.4 is 9.64 Å². The summed E-state index contributed by atoms with van der Waals surface area (Å²) in [4.78, 5) is 43.8. The Kier molecular flexibility index (Phi) is 5.72. The van der Waals surface area contributed by atoms with E-state index >= 15 is 0 Å². The normalized spacial score (nSPS) is 19.9. The number of aryl methyl sites for hydroxylation is 2. The summed E-state index contributed by atoms with van der Waals surface area (Å²) in [7, 11) is 0. The number of ether oxygens (including phenoxy) is 1. The number of ketones is 1. The molecule has 2 aliphatic rings. The first-order valence-electron chi connectivity index (χ1n) is 12.4. The van der Waals surface area contributed by atoms with Crippen LogP contribution >= 0.6 is 11.3 Å². The van der Waals surface area contributed by atoms with Gasteiger partial charge in [0.2, 0.25) is 0 Å². The van der Waals surface area contributed by atoms with E-state index in [0.717, 1.165) is 26.9 Å². The van der Waals surface area contributed by atoms with Crippen LogP contribution in [0.15, 0.2) is 60.2 Å². The van der Waals surface area contributed by atoms with E-state index in [0.29, 0.717) is 28.4 Å². The van der Waals surface area contributed by atoms with Crippen molar-refractivity contribution in [3.63, 3.8) is 0 Å². The molecule has 0 aliphatic carbocycles. The quantitative estimate of drug-likeness (QED) is 0.114. The van der Waals surface area contributed by atoms with Crippen LogP contribution in [0.25, 0.3) is 16.0 Å². The van der Waals surface area contributed by atoms with Gasteiger partial charge in [-0.1, -0.05) is 17.4 Å². The SMILES string of the molecule is Cc1cc(C)c2nc(N3C(=O)C(=O)/C(=C(/O)c4ccc5c(c4)C[C@@H](C)O5)[C@@H]3c3ccc([N+](=O)[O-])cc3)sc2c1. The number of carbonyl (C=O) groups excluding carboxylic acids is 2. The van der Waals surface area contributed by atoms with E-state index in [4.69, 9.17) is 9.72 Å². The molecule has 0 saturated carbocycles. The van der Waals surface area contributed by atoms with Gasteiger partial charge in [0.1, 0.15) is 17.6 Å². The molecule has 1 N–H and O–H groups in total. The highest BCUT2D eigenvalue weighted by Gasteiger charge is 2.48. The fourth-order valence-electron chi connectivity index (χ4n) is 5.31. The number of hydrogen-bond acceptors (Lipinski definition) is 8. The third-order valence-electron chi connectivity index (χ3n) is 7.06. The highest BCUT2D eigenvalue weighted by atomic mass is 32.1. The molecule has 3 heterocycles. The summed E-state index contributed by atoms with van der Waals surface area (Å²) in [5, 5.41) is 23.1. The van der Waals surface area contributed by atoms with Gasteiger partial charge in [0.05, 0.1) is 26.8 Å². The lowest BCUT2D eigenvalue weighted by Gasteiger charge is -2.23. The van der Waals surface area contributed by atoms with Crippen LogP contribution in [-0.2, 0) is 16.0 Å². The van der Waals surface area contributed by atoms with Crippen LogP contribution in [0.1, 0.15) is 40.8 Å². The number of benzene rings is 3. The van der Waals surface area contributed by atoms with Crippen LogP contribution in [0.4, 0.5) is 10.8 Å². The second kappa shape index (κ2) is 9.02. The zero-order chi connectivity index (χ0) is 27.6. The second-order valence-corrected chi connectivity index (χ2v) is 10.9. The number of carbonyl (C=O) groups is 2. The standard InChI is InChI=1S/C29H23N3O6S/c1-14-10-15(2)24-22(11-14)39-29(30-24)31-25(17-4-7-20(8-5-17)32(36)37)23(27(34)28(31)35)26(33)18-6-9-21-19(13-18)12-16(3)38-21/h4-11,13,16,25,33H,12H2,1-3H3/b26-23+/t16-,25+/m1/s1. The number of nitrogens with zero attached hydrogens (tertiary/aromatic N) is 3. The van der Waals surface area contributed by atoms with Crippen LogP contribution in [0.2, 0.25) is 0 Å². The molecule has 9 nitrogen and oxygen atoms in total. The van der Waals surface area contributed by atoms with Crippen LogP contribution in [0, 0.1) is 24.0 Å². The minimum absolute atomic E-state index is 0.00536. The Morgan fingerprint density at radius 2 is 1.87 bits per heavy atom. The summed E-state index contributed by atoms with van der Waals surface area (Å²) < 4.78 is 6.62. The molecule has 6 rings (SSSR count). The summed E-state index contributed by atoms with van der Waals surface area (Å²) in [6, 6.07) is 13.7. The predicted octanol–water partition coefficient (Wildman–Crippen LogP) is 5.77. The Balaban J connectivity index is 1.54. The fraction of sp³-hybridized carbons (Fsp3) is 0.207. The van der Waals surface area contributed by atoms with Gasteiger partial charge in [-0.25, -0.2) is 4.98 Å². The molecule has 0 radical (unpaired) electrons. The highest BCUT2D eigenvalue weighted by Crippen LogP contribution is 2.45. The van der Waals surface area contributed by atoms with Gasteiger partial charge in [-0.3, -0.25) is 24.6 Å². The number of nitro benzene ring substituents is 1. The number of amides is 1. The minimum Gasteiger partial charge on any atom is -0.507 e. The van der Waals surface area contributed by atoms with Crippen molar-refractivity contribution in [2.24, 2.45) is 0 Å². The maximum absolute atomic E-state index is 13.5. The van der Waals surface area contributed by atoms with Crippen LogP contribution in [-0.4, -0.2) is 32.8 Å². The molecule has 3 aromatic carbocycles. The van der Waals surface area contributed by atoms with Gasteiger partial charge in [0.25, 0.3) is 11.5 Å². The molecule has 2 aliphatic heterocycles. The average molecular weight is 542 g/mol. The van der Waals surface area contributed by atoms with E-state index in [2.05, 4.69) is 0 Å². The number of nitro groups is 1. The Labute approximate surface area is 227 Å². The van der Waals surface area contributed by atoms with Crippen molar-refractivity contribution in [2.75, 3.05) is 4.90 Å². The van der Waals surface area contributed by atoms with E-state index < -0.39 is 22.7 Å². The first-order valence-corrected chi connectivity index (χ1v) is 13.2. The number of rotatable bonds is 4. The summed E-state index contributed by atoms with van der Waals surface area (Å²) in [5.41, 5.74) is 4.17. The molecular weight excluding hydrogens is 518 g/mol. The highest BCUT2D eigenvalue weighted by molar-refractivity contribution is 7.22. The van der Waals surface area contributed by atoms with Gasteiger partial charge < -0.3 is 9.84 Å². The van der Waals surface area contributed by atoms with Gasteiger partial charge in [-0.2, -0.15) is 0 Å². The van der Waals surface area contributed by atoms with E-state index in [1.807, 2.05) is 32.9 Å². The molecule has 10 heteroatoms. The molecule has 4 aromatic rings. The largest absolute Gasteiger partial charge is 0.507 e. The number of fused-ring (bicyclic) bond motifs is 2. The summed E-state index contributed by atoms with van der Waals surface area (Å²) in [5.74, 6) is -1.29. The van der Waals surface area contributed by atoms with Crippen molar-refractivity contribution in [1.82, 2.24) is 4.98 Å². The summed E-state index contributed by atoms with van der Waals surface area (Å²) >= 11 is 1.27. The summed E-state index contributed by atoms with van der Waals surface area (Å²) in [6.07, 6.45) is 0.648. The van der Waals surface area contributed by atoms with Crippen molar-refractivity contribution in [3.05, 3.63) is 98.1 Å². The first-order chi connectivity index (χ1) is 18.6. The van der Waals surface area contributed by atoms with Crippen LogP contribution in [0.3, 0.4) is 0 Å². The molecule has 1 amide bonds. The van der Waals surface area contributed by atoms with E-state index in [-0.39, 0.29) is 23.1 Å². The average Bonchev–Trinajstić information content (AvgIpc) is 3.56. The molecule has 2 atom stereocenters. The molecule has 196 valence electrons. The first kappa shape index (κ1) is 24.7. The maximum atomic E-state index is 13.5. The molecule has 0 unspecified atom stereocenters. The lowest BCUT2D eigenvalue weighted by atomic mass is 9.94. The Morgan fingerprint density at radius 1 is 1.13 bits per heavy atom. The zero-order valence-corrected chi connectivity index (χ0v) is 22.1. The summed E-state index contributed by atoms with van der Waals surface area (Å²) in [6.45, 7) is 5.84. The lowest BCUT2D eigenvalue weighted by molar-refractivity contribution is -0.384. The zero-order valence-electron chi connectivity index (χ0n) is 21.3. The van der Waals surface area contributed by atoms with Crippen molar-refractivity contribution in [2.45, 2.75) is 39.3 Å². The van der Waals surface area contributed by atoms with Crippen LogP contribution in [0.5, 0.6) is 5.75 Å². The third-order valence-corrected chi connectivity index (χ3v) is 8.06.